The van der Waals surface area contributed by atoms with Gasteiger partial charge < -0.3 is 29.8 Å². The lowest BCUT2D eigenvalue weighted by molar-refractivity contribution is -0.132. The number of ether oxygens (including phenoxy) is 1. The number of pyridine rings is 1. The highest BCUT2D eigenvalue weighted by atomic mass is 35.5. The molecule has 0 bridgehead atoms. The fourth-order valence-electron chi connectivity index (χ4n) is 4.74. The molecule has 12 heteroatoms. The van der Waals surface area contributed by atoms with Gasteiger partial charge in [-0.3, -0.25) is 14.5 Å². The molecule has 39 heavy (non-hydrogen) atoms. The summed E-state index contributed by atoms with van der Waals surface area (Å²) in [5.74, 6) is 1.56. The molecule has 2 amide bonds. The number of likely N-dealkylation sites (tertiary alicyclic amines) is 1. The van der Waals surface area contributed by atoms with E-state index in [1.807, 2.05) is 12.1 Å². The van der Waals surface area contributed by atoms with Crippen molar-refractivity contribution < 1.29 is 23.8 Å². The first-order valence-corrected chi connectivity index (χ1v) is 13.2. The first-order valence-electron chi connectivity index (χ1n) is 12.8. The van der Waals surface area contributed by atoms with Crippen molar-refractivity contribution in [3.8, 4) is 5.75 Å². The fraction of sp³-hybridized carbons (Fsp3) is 0.407. The number of rotatable bonds is 10. The third kappa shape index (κ3) is 6.67. The van der Waals surface area contributed by atoms with E-state index in [1.165, 1.54) is 6.39 Å². The van der Waals surface area contributed by atoms with Crippen LogP contribution in [0.3, 0.4) is 0 Å². The van der Waals surface area contributed by atoms with Crippen molar-refractivity contribution >= 4 is 29.2 Å². The van der Waals surface area contributed by atoms with Gasteiger partial charge in [0.25, 0.3) is 5.91 Å². The Hall–Kier alpha value is -3.67. The minimum Gasteiger partial charge on any atom is -0.484 e. The van der Waals surface area contributed by atoms with Crippen LogP contribution in [0.1, 0.15) is 34.2 Å². The van der Waals surface area contributed by atoms with Crippen molar-refractivity contribution in [2.24, 2.45) is 0 Å². The summed E-state index contributed by atoms with van der Waals surface area (Å²) in [6.07, 6.45) is 4.52. The fourth-order valence-corrected chi connectivity index (χ4v) is 5.07. The Morgan fingerprint density at radius 2 is 2.15 bits per heavy atom. The molecule has 4 heterocycles. The van der Waals surface area contributed by atoms with Gasteiger partial charge in [-0.15, -0.1) is 0 Å². The van der Waals surface area contributed by atoms with Gasteiger partial charge >= 0.3 is 0 Å². The molecule has 11 nitrogen and oxygen atoms in total. The molecule has 206 valence electrons. The summed E-state index contributed by atoms with van der Waals surface area (Å²) in [4.78, 5) is 36.1. The maximum atomic E-state index is 12.7. The van der Waals surface area contributed by atoms with Crippen LogP contribution in [0.25, 0.3) is 0 Å². The second-order valence-electron chi connectivity index (χ2n) is 9.82. The van der Waals surface area contributed by atoms with E-state index in [9.17, 15) is 14.7 Å². The highest BCUT2D eigenvalue weighted by Crippen LogP contribution is 2.34. The van der Waals surface area contributed by atoms with E-state index in [4.69, 9.17) is 20.8 Å². The number of aliphatic hydroxyl groups excluding tert-OH is 1. The number of nitrogens with one attached hydrogen (secondary N) is 2. The SMILES string of the molecule is CC(=O)N1CC(Nc2cc(C(=O)NCC(O)CN3CCc4c(ccc(OCc5cnco5)c4Cl)C3)ccn2)C1. The maximum Gasteiger partial charge on any atom is 0.251 e. The van der Waals surface area contributed by atoms with Crippen LogP contribution in [0.2, 0.25) is 5.02 Å². The van der Waals surface area contributed by atoms with Gasteiger partial charge in [0.15, 0.2) is 12.2 Å². The van der Waals surface area contributed by atoms with Crippen LogP contribution >= 0.6 is 11.6 Å². The number of fused-ring (bicyclic) bond motifs is 1. The predicted molar refractivity (Wildman–Crippen MR) is 144 cm³/mol. The van der Waals surface area contributed by atoms with E-state index in [1.54, 1.807) is 36.4 Å². The number of amides is 2. The number of hydrogen-bond donors (Lipinski definition) is 3. The Labute approximate surface area is 231 Å². The zero-order valence-electron chi connectivity index (χ0n) is 21.6. The molecule has 3 aromatic rings. The standard InChI is InChI=1S/C27H31ClN6O5/c1-17(35)34-12-20(13-34)32-25-8-18(4-6-30-25)27(37)31-9-21(36)14-33-7-5-23-19(11-33)2-3-24(26(23)28)38-15-22-10-29-16-39-22/h2-4,6,8,10,16,20-21,36H,5,7,9,11-15H2,1H3,(H,30,32)(H,31,37). The molecule has 2 aromatic heterocycles. The van der Waals surface area contributed by atoms with Crippen molar-refractivity contribution in [1.29, 1.82) is 0 Å². The molecule has 1 saturated heterocycles. The van der Waals surface area contributed by atoms with Crippen LogP contribution in [0.4, 0.5) is 5.82 Å². The monoisotopic (exact) mass is 554 g/mol. The summed E-state index contributed by atoms with van der Waals surface area (Å²) in [5.41, 5.74) is 2.58. The molecule has 3 N–H and O–H groups in total. The van der Waals surface area contributed by atoms with Crippen LogP contribution in [0, 0.1) is 0 Å². The lowest BCUT2D eigenvalue weighted by atomic mass is 9.99. The van der Waals surface area contributed by atoms with Gasteiger partial charge in [0.2, 0.25) is 5.91 Å². The van der Waals surface area contributed by atoms with Gasteiger partial charge in [-0.05, 0) is 35.7 Å². The number of benzene rings is 1. The Balaban J connectivity index is 1.08. The van der Waals surface area contributed by atoms with Crippen molar-refractivity contribution in [3.63, 3.8) is 0 Å². The summed E-state index contributed by atoms with van der Waals surface area (Å²) in [5, 5.41) is 17.3. The van der Waals surface area contributed by atoms with E-state index in [2.05, 4.69) is 25.5 Å². The number of nitrogens with zero attached hydrogens (tertiary/aromatic N) is 4. The molecule has 1 unspecified atom stereocenters. The zero-order valence-corrected chi connectivity index (χ0v) is 22.4. The second kappa shape index (κ2) is 12.0. The van der Waals surface area contributed by atoms with Crippen LogP contribution in [-0.4, -0.2) is 81.6 Å². The lowest BCUT2D eigenvalue weighted by Gasteiger charge is -2.39. The highest BCUT2D eigenvalue weighted by Gasteiger charge is 2.28. The third-order valence-electron chi connectivity index (χ3n) is 6.90. The zero-order chi connectivity index (χ0) is 27.4. The molecular formula is C27H31ClN6O5. The van der Waals surface area contributed by atoms with Crippen LogP contribution in [0.15, 0.2) is 47.5 Å². The van der Waals surface area contributed by atoms with E-state index < -0.39 is 6.10 Å². The van der Waals surface area contributed by atoms with Crippen molar-refractivity contribution in [3.05, 3.63) is 70.5 Å². The number of aliphatic hydroxyl groups is 1. The van der Waals surface area contributed by atoms with Crippen molar-refractivity contribution in [1.82, 2.24) is 25.1 Å². The van der Waals surface area contributed by atoms with E-state index in [-0.39, 0.29) is 31.0 Å². The number of carbonyl (C=O) groups excluding carboxylic acids is 2. The number of β-amino-alcohol motifs (C(OH)–C–C–N with tert-alkyl or cyclic N) is 1. The second-order valence-corrected chi connectivity index (χ2v) is 10.2. The van der Waals surface area contributed by atoms with Crippen LogP contribution < -0.4 is 15.4 Å². The number of carbonyl (C=O) groups is 2. The normalized spacial score (nSPS) is 16.2. The quantitative estimate of drug-likeness (QED) is 0.344. The highest BCUT2D eigenvalue weighted by molar-refractivity contribution is 6.33. The topological polar surface area (TPSA) is 133 Å². The average Bonchev–Trinajstić information content (AvgIpc) is 3.42. The smallest absolute Gasteiger partial charge is 0.251 e. The molecule has 0 spiro atoms. The number of anilines is 1. The van der Waals surface area contributed by atoms with E-state index in [0.717, 1.165) is 24.1 Å². The molecule has 1 atom stereocenters. The molecule has 0 saturated carbocycles. The van der Waals surface area contributed by atoms with Gasteiger partial charge in [0.1, 0.15) is 18.2 Å². The lowest BCUT2D eigenvalue weighted by Crippen LogP contribution is -2.56. The molecule has 0 radical (unpaired) electrons. The average molecular weight is 555 g/mol. The molecule has 2 aliphatic heterocycles. The van der Waals surface area contributed by atoms with Gasteiger partial charge in [-0.1, -0.05) is 17.7 Å². The van der Waals surface area contributed by atoms with Gasteiger partial charge in [-0.2, -0.15) is 0 Å². The van der Waals surface area contributed by atoms with E-state index >= 15 is 0 Å². The molecule has 1 aromatic carbocycles. The minimum absolute atomic E-state index is 0.0455. The first kappa shape index (κ1) is 26.9. The Kier molecular flexibility index (Phi) is 8.30. The van der Waals surface area contributed by atoms with Crippen molar-refractivity contribution in [2.45, 2.75) is 38.6 Å². The van der Waals surface area contributed by atoms with Crippen molar-refractivity contribution in [2.75, 3.05) is 38.0 Å². The molecule has 1 fully saturated rings. The van der Waals surface area contributed by atoms with Gasteiger partial charge in [0.05, 0.1) is 23.4 Å². The summed E-state index contributed by atoms with van der Waals surface area (Å²) < 4.78 is 11.0. The third-order valence-corrected chi connectivity index (χ3v) is 7.31. The number of aromatic nitrogens is 2. The Morgan fingerprint density at radius 1 is 1.31 bits per heavy atom. The molecule has 2 aliphatic rings. The van der Waals surface area contributed by atoms with Gasteiger partial charge in [-0.25, -0.2) is 9.97 Å². The van der Waals surface area contributed by atoms with E-state index in [0.29, 0.717) is 54.1 Å². The molecular weight excluding hydrogens is 524 g/mol. The molecule has 0 aliphatic carbocycles. The Morgan fingerprint density at radius 3 is 2.92 bits per heavy atom. The largest absolute Gasteiger partial charge is 0.484 e. The molecule has 5 rings (SSSR count). The summed E-state index contributed by atoms with van der Waals surface area (Å²) in [6, 6.07) is 7.26. The number of hydrogen-bond acceptors (Lipinski definition) is 9. The van der Waals surface area contributed by atoms with Gasteiger partial charge in [0, 0.05) is 58.0 Å². The maximum absolute atomic E-state index is 12.7. The van der Waals surface area contributed by atoms with Crippen LogP contribution in [0.5, 0.6) is 5.75 Å². The number of oxazole rings is 1. The first-order chi connectivity index (χ1) is 18.9. The Bertz CT molecular complexity index is 1310. The summed E-state index contributed by atoms with van der Waals surface area (Å²) >= 11 is 6.62. The summed E-state index contributed by atoms with van der Waals surface area (Å²) in [6.45, 7) is 4.94. The predicted octanol–water partition coefficient (Wildman–Crippen LogP) is 2.09. The summed E-state index contributed by atoms with van der Waals surface area (Å²) in [7, 11) is 0. The van der Waals surface area contributed by atoms with Crippen LogP contribution in [-0.2, 0) is 24.4 Å². The number of halogens is 1. The minimum atomic E-state index is -0.734.